The van der Waals surface area contributed by atoms with Crippen LogP contribution in [-0.4, -0.2) is 35.1 Å². The van der Waals surface area contributed by atoms with Gasteiger partial charge >= 0.3 is 0 Å². The number of oxime groups is 1. The molecular weight excluding hydrogens is 198 g/mol. The smallest absolute Gasteiger partial charge is 0.143 e. The van der Waals surface area contributed by atoms with Crippen LogP contribution in [0.4, 0.5) is 0 Å². The number of nitrogens with zero attached hydrogens (tertiary/aromatic N) is 1. The van der Waals surface area contributed by atoms with E-state index >= 15 is 0 Å². The van der Waals surface area contributed by atoms with E-state index in [9.17, 15) is 0 Å². The van der Waals surface area contributed by atoms with Gasteiger partial charge in [0.05, 0.1) is 0 Å². The molecule has 0 aromatic rings. The molecule has 0 saturated carbocycles. The largest absolute Gasteiger partial charge is 0.409 e. The van der Waals surface area contributed by atoms with Gasteiger partial charge < -0.3 is 16.3 Å². The van der Waals surface area contributed by atoms with Gasteiger partial charge in [-0.15, -0.1) is 0 Å². The molecule has 0 aromatic heterocycles. The van der Waals surface area contributed by atoms with Crippen LogP contribution in [0.3, 0.4) is 0 Å². The second-order valence-corrected chi connectivity index (χ2v) is 5.13. The van der Waals surface area contributed by atoms with Crippen LogP contribution in [0.1, 0.15) is 19.8 Å². The van der Waals surface area contributed by atoms with Gasteiger partial charge in [0.1, 0.15) is 5.84 Å². The molecule has 0 spiro atoms. The van der Waals surface area contributed by atoms with Crippen LogP contribution in [0, 0.1) is 5.92 Å². The third-order valence-electron chi connectivity index (χ3n) is 2.47. The summed E-state index contributed by atoms with van der Waals surface area (Å²) in [4.78, 5) is 0. The summed E-state index contributed by atoms with van der Waals surface area (Å²) in [6.45, 7) is 3.77. The quantitative estimate of drug-likeness (QED) is 0.276. The lowest BCUT2D eigenvalue weighted by Crippen LogP contribution is -2.34. The van der Waals surface area contributed by atoms with Crippen molar-refractivity contribution in [1.29, 1.82) is 0 Å². The maximum Gasteiger partial charge on any atom is 0.143 e. The summed E-state index contributed by atoms with van der Waals surface area (Å²) >= 11 is 2.03. The molecular formula is C9H19N3OS. The van der Waals surface area contributed by atoms with Crippen LogP contribution < -0.4 is 11.1 Å². The summed E-state index contributed by atoms with van der Waals surface area (Å²) in [6.07, 6.45) is 2.66. The van der Waals surface area contributed by atoms with E-state index in [1.165, 1.54) is 18.6 Å². The Bertz CT molecular complexity index is 192. The molecule has 4 N–H and O–H groups in total. The first kappa shape index (κ1) is 11.7. The number of nitrogens with two attached hydrogens (primary N) is 1. The minimum Gasteiger partial charge on any atom is -0.409 e. The van der Waals surface area contributed by atoms with Crippen molar-refractivity contribution in [3.05, 3.63) is 0 Å². The number of hydrogen-bond acceptors (Lipinski definition) is 4. The highest BCUT2D eigenvalue weighted by Gasteiger charge is 2.15. The van der Waals surface area contributed by atoms with Gasteiger partial charge in [-0.1, -0.05) is 12.1 Å². The molecule has 2 atom stereocenters. The first-order valence-corrected chi connectivity index (χ1v) is 6.08. The fraction of sp³-hybridized carbons (Fsp3) is 0.889. The van der Waals surface area contributed by atoms with Crippen molar-refractivity contribution in [2.45, 2.75) is 25.0 Å². The summed E-state index contributed by atoms with van der Waals surface area (Å²) in [5.74, 6) is 1.70. The Hall–Kier alpha value is -0.420. The van der Waals surface area contributed by atoms with Crippen molar-refractivity contribution in [2.75, 3.05) is 18.8 Å². The highest BCUT2D eigenvalue weighted by atomic mass is 32.2. The van der Waals surface area contributed by atoms with Crippen LogP contribution in [0.5, 0.6) is 0 Å². The Morgan fingerprint density at radius 1 is 1.79 bits per heavy atom. The average Bonchev–Trinajstić information content (AvgIpc) is 2.69. The second kappa shape index (κ2) is 6.14. The molecule has 1 aliphatic rings. The number of nitrogens with one attached hydrogen (secondary N) is 1. The van der Waals surface area contributed by atoms with Crippen LogP contribution in [0.25, 0.3) is 0 Å². The predicted octanol–water partition coefficient (Wildman–Crippen LogP) is 0.854. The Morgan fingerprint density at radius 3 is 3.14 bits per heavy atom. The second-order valence-electron chi connectivity index (χ2n) is 3.72. The molecule has 0 aromatic carbocycles. The molecule has 82 valence electrons. The van der Waals surface area contributed by atoms with E-state index < -0.39 is 0 Å². The number of thioether (sulfide) groups is 1. The summed E-state index contributed by atoms with van der Waals surface area (Å²) in [7, 11) is 0. The van der Waals surface area contributed by atoms with Gasteiger partial charge in [0.2, 0.25) is 0 Å². The van der Waals surface area contributed by atoms with Gasteiger partial charge in [0.15, 0.2) is 0 Å². The number of hydrogen-bond donors (Lipinski definition) is 3. The van der Waals surface area contributed by atoms with Gasteiger partial charge in [0.25, 0.3) is 0 Å². The van der Waals surface area contributed by atoms with Gasteiger partial charge in [0, 0.05) is 24.3 Å². The average molecular weight is 217 g/mol. The normalized spacial score (nSPS) is 25.2. The Morgan fingerprint density at radius 2 is 2.57 bits per heavy atom. The SMILES string of the molecule is CC(CNCC1CCCS1)C(N)=NO. The van der Waals surface area contributed by atoms with Crippen molar-refractivity contribution in [3.8, 4) is 0 Å². The van der Waals surface area contributed by atoms with Crippen molar-refractivity contribution in [3.63, 3.8) is 0 Å². The molecule has 0 amide bonds. The van der Waals surface area contributed by atoms with Gasteiger partial charge in [-0.25, -0.2) is 0 Å². The molecule has 1 fully saturated rings. The molecule has 0 radical (unpaired) electrons. The zero-order valence-corrected chi connectivity index (χ0v) is 9.39. The molecule has 1 heterocycles. The maximum atomic E-state index is 8.45. The van der Waals surface area contributed by atoms with E-state index in [-0.39, 0.29) is 5.92 Å². The number of amidine groups is 1. The van der Waals surface area contributed by atoms with Crippen molar-refractivity contribution < 1.29 is 5.21 Å². The highest BCUT2D eigenvalue weighted by molar-refractivity contribution is 8.00. The summed E-state index contributed by atoms with van der Waals surface area (Å²) in [6, 6.07) is 0. The third kappa shape index (κ3) is 3.75. The lowest BCUT2D eigenvalue weighted by molar-refractivity contribution is 0.314. The Balaban J connectivity index is 2.08. The fourth-order valence-electron chi connectivity index (χ4n) is 1.47. The molecule has 4 nitrogen and oxygen atoms in total. The highest BCUT2D eigenvalue weighted by Crippen LogP contribution is 2.25. The lowest BCUT2D eigenvalue weighted by Gasteiger charge is -2.13. The molecule has 5 heteroatoms. The van der Waals surface area contributed by atoms with E-state index in [0.717, 1.165) is 18.3 Å². The van der Waals surface area contributed by atoms with E-state index in [4.69, 9.17) is 10.9 Å². The molecule has 14 heavy (non-hydrogen) atoms. The van der Waals surface area contributed by atoms with E-state index in [2.05, 4.69) is 10.5 Å². The molecule has 0 bridgehead atoms. The predicted molar refractivity (Wildman–Crippen MR) is 60.9 cm³/mol. The van der Waals surface area contributed by atoms with Gasteiger partial charge in [-0.05, 0) is 18.6 Å². The van der Waals surface area contributed by atoms with Crippen LogP contribution in [0.2, 0.25) is 0 Å². The van der Waals surface area contributed by atoms with Gasteiger partial charge in [-0.2, -0.15) is 11.8 Å². The molecule has 0 aliphatic carbocycles. The third-order valence-corrected chi connectivity index (χ3v) is 3.87. The zero-order chi connectivity index (χ0) is 10.4. The first-order chi connectivity index (χ1) is 6.74. The molecule has 1 saturated heterocycles. The van der Waals surface area contributed by atoms with E-state index in [1.807, 2.05) is 18.7 Å². The van der Waals surface area contributed by atoms with E-state index in [0.29, 0.717) is 5.84 Å². The Kier molecular flexibility index (Phi) is 5.11. The number of rotatable bonds is 5. The molecule has 1 rings (SSSR count). The van der Waals surface area contributed by atoms with Crippen molar-refractivity contribution in [1.82, 2.24) is 5.32 Å². The molecule has 1 aliphatic heterocycles. The Labute approximate surface area is 89.3 Å². The summed E-state index contributed by atoms with van der Waals surface area (Å²) < 4.78 is 0. The van der Waals surface area contributed by atoms with Crippen LogP contribution in [-0.2, 0) is 0 Å². The molecule has 2 unspecified atom stereocenters. The summed E-state index contributed by atoms with van der Waals surface area (Å²) in [5, 5.41) is 15.5. The van der Waals surface area contributed by atoms with Crippen LogP contribution >= 0.6 is 11.8 Å². The minimum atomic E-state index is 0.103. The zero-order valence-electron chi connectivity index (χ0n) is 8.57. The summed E-state index contributed by atoms with van der Waals surface area (Å²) in [5.41, 5.74) is 5.47. The van der Waals surface area contributed by atoms with E-state index in [1.54, 1.807) is 0 Å². The maximum absolute atomic E-state index is 8.45. The standard InChI is InChI=1S/C9H19N3OS/c1-7(9(10)12-13)5-11-6-8-3-2-4-14-8/h7-8,11,13H,2-6H2,1H3,(H2,10,12). The van der Waals surface area contributed by atoms with Crippen molar-refractivity contribution in [2.24, 2.45) is 16.8 Å². The van der Waals surface area contributed by atoms with Crippen LogP contribution in [0.15, 0.2) is 5.16 Å². The van der Waals surface area contributed by atoms with Crippen molar-refractivity contribution >= 4 is 17.6 Å². The first-order valence-electron chi connectivity index (χ1n) is 5.03. The van der Waals surface area contributed by atoms with Gasteiger partial charge in [-0.3, -0.25) is 0 Å². The fourth-order valence-corrected chi connectivity index (χ4v) is 2.70. The lowest BCUT2D eigenvalue weighted by atomic mass is 10.1. The monoisotopic (exact) mass is 217 g/mol. The minimum absolute atomic E-state index is 0.103. The topological polar surface area (TPSA) is 70.6 Å².